The van der Waals surface area contributed by atoms with Crippen LogP contribution in [0.3, 0.4) is 0 Å². The summed E-state index contributed by atoms with van der Waals surface area (Å²) in [5, 5.41) is 8.28. The minimum absolute atomic E-state index is 0.127. The predicted octanol–water partition coefficient (Wildman–Crippen LogP) is 3.73. The van der Waals surface area contributed by atoms with Gasteiger partial charge in [0.05, 0.1) is 16.2 Å². The summed E-state index contributed by atoms with van der Waals surface area (Å²) in [6.07, 6.45) is -0.254. The number of halogens is 3. The van der Waals surface area contributed by atoms with Gasteiger partial charge < -0.3 is 0 Å². The summed E-state index contributed by atoms with van der Waals surface area (Å²) in [6.45, 7) is 0. The third-order valence-corrected chi connectivity index (χ3v) is 3.36. The van der Waals surface area contributed by atoms with Crippen molar-refractivity contribution in [2.24, 2.45) is 0 Å². The van der Waals surface area contributed by atoms with Gasteiger partial charge in [0.2, 0.25) is 5.92 Å². The summed E-state index contributed by atoms with van der Waals surface area (Å²) in [5.41, 5.74) is 1.48. The Balaban J connectivity index is 2.06. The Kier molecular flexibility index (Phi) is 1.98. The number of hydrogen-bond acceptors (Lipinski definition) is 1. The molecule has 84 valence electrons. The monoisotopic (exact) mass is 242 g/mol. The number of nitrogens with one attached hydrogen (secondary N) is 1. The van der Waals surface area contributed by atoms with Crippen molar-refractivity contribution >= 4 is 22.5 Å². The molecule has 0 amide bonds. The van der Waals surface area contributed by atoms with Gasteiger partial charge in [-0.1, -0.05) is 17.7 Å². The van der Waals surface area contributed by atoms with Crippen molar-refractivity contribution in [3.63, 3.8) is 0 Å². The molecular weight excluding hydrogens is 234 g/mol. The maximum Gasteiger partial charge on any atom is 0.249 e. The second kappa shape index (κ2) is 3.17. The van der Waals surface area contributed by atoms with Gasteiger partial charge in [0.15, 0.2) is 0 Å². The predicted molar refractivity (Wildman–Crippen MR) is 58.0 cm³/mol. The number of fused-ring (bicyclic) bond motifs is 1. The molecule has 0 spiro atoms. The summed E-state index contributed by atoms with van der Waals surface area (Å²) in [4.78, 5) is 0. The van der Waals surface area contributed by atoms with E-state index in [1.807, 2.05) is 12.1 Å². The van der Waals surface area contributed by atoms with E-state index in [-0.39, 0.29) is 18.8 Å². The minimum atomic E-state index is -2.53. The molecule has 1 heterocycles. The Morgan fingerprint density at radius 1 is 1.38 bits per heavy atom. The lowest BCUT2D eigenvalue weighted by atomic mass is 9.78. The summed E-state index contributed by atoms with van der Waals surface area (Å²) >= 11 is 6.05. The minimum Gasteiger partial charge on any atom is -0.277 e. The highest BCUT2D eigenvalue weighted by molar-refractivity contribution is 6.35. The molecule has 5 heteroatoms. The fourth-order valence-electron chi connectivity index (χ4n) is 2.20. The van der Waals surface area contributed by atoms with Gasteiger partial charge in [-0.05, 0) is 12.1 Å². The Morgan fingerprint density at radius 3 is 2.81 bits per heavy atom. The van der Waals surface area contributed by atoms with Crippen LogP contribution in [0.5, 0.6) is 0 Å². The van der Waals surface area contributed by atoms with Crippen LogP contribution in [-0.2, 0) is 0 Å². The summed E-state index contributed by atoms with van der Waals surface area (Å²) in [6, 6.07) is 5.40. The summed E-state index contributed by atoms with van der Waals surface area (Å²) < 4.78 is 25.6. The Labute approximate surface area is 95.6 Å². The van der Waals surface area contributed by atoms with E-state index in [0.29, 0.717) is 10.7 Å². The van der Waals surface area contributed by atoms with Crippen molar-refractivity contribution in [3.8, 4) is 0 Å². The average molecular weight is 243 g/mol. The topological polar surface area (TPSA) is 28.7 Å². The van der Waals surface area contributed by atoms with Crippen LogP contribution in [0, 0.1) is 0 Å². The first-order chi connectivity index (χ1) is 7.57. The smallest absolute Gasteiger partial charge is 0.249 e. The molecule has 2 aromatic rings. The number of alkyl halides is 2. The highest BCUT2D eigenvalue weighted by Crippen LogP contribution is 2.49. The molecule has 1 aromatic carbocycles. The fourth-order valence-corrected chi connectivity index (χ4v) is 2.48. The molecular formula is C11H9ClF2N2. The van der Waals surface area contributed by atoms with Crippen molar-refractivity contribution in [1.82, 2.24) is 10.2 Å². The highest BCUT2D eigenvalue weighted by Gasteiger charge is 2.47. The lowest BCUT2D eigenvalue weighted by molar-refractivity contribution is -0.0873. The van der Waals surface area contributed by atoms with Gasteiger partial charge in [-0.15, -0.1) is 0 Å². The molecule has 1 saturated carbocycles. The van der Waals surface area contributed by atoms with Gasteiger partial charge in [0.25, 0.3) is 0 Å². The normalized spacial score (nSPS) is 19.9. The van der Waals surface area contributed by atoms with E-state index in [4.69, 9.17) is 11.6 Å². The molecule has 0 unspecified atom stereocenters. The zero-order valence-electron chi connectivity index (χ0n) is 8.30. The molecule has 1 aliphatic rings. The zero-order valence-corrected chi connectivity index (χ0v) is 9.06. The van der Waals surface area contributed by atoms with Crippen LogP contribution in [0.4, 0.5) is 8.78 Å². The average Bonchev–Trinajstić information content (AvgIpc) is 2.59. The number of rotatable bonds is 1. The van der Waals surface area contributed by atoms with Crippen LogP contribution in [0.2, 0.25) is 5.02 Å². The van der Waals surface area contributed by atoms with E-state index in [2.05, 4.69) is 10.2 Å². The quantitative estimate of drug-likeness (QED) is 0.811. The fraction of sp³-hybridized carbons (Fsp3) is 0.364. The van der Waals surface area contributed by atoms with Gasteiger partial charge >= 0.3 is 0 Å². The van der Waals surface area contributed by atoms with Gasteiger partial charge in [0.1, 0.15) is 0 Å². The molecule has 1 aromatic heterocycles. The molecule has 16 heavy (non-hydrogen) atoms. The maximum absolute atomic E-state index is 12.8. The third-order valence-electron chi connectivity index (χ3n) is 3.04. The molecule has 0 saturated heterocycles. The summed E-state index contributed by atoms with van der Waals surface area (Å²) in [5.74, 6) is -2.71. The molecule has 1 fully saturated rings. The molecule has 3 rings (SSSR count). The van der Waals surface area contributed by atoms with Crippen LogP contribution in [-0.4, -0.2) is 16.1 Å². The largest absolute Gasteiger partial charge is 0.277 e. The molecule has 1 N–H and O–H groups in total. The summed E-state index contributed by atoms with van der Waals surface area (Å²) in [7, 11) is 0. The van der Waals surface area contributed by atoms with Crippen molar-refractivity contribution in [1.29, 1.82) is 0 Å². The van der Waals surface area contributed by atoms with E-state index in [0.717, 1.165) is 10.9 Å². The molecule has 0 atom stereocenters. The van der Waals surface area contributed by atoms with Crippen LogP contribution >= 0.6 is 11.6 Å². The van der Waals surface area contributed by atoms with Crippen molar-refractivity contribution < 1.29 is 8.78 Å². The van der Waals surface area contributed by atoms with Crippen LogP contribution in [0.25, 0.3) is 10.9 Å². The lowest BCUT2D eigenvalue weighted by Gasteiger charge is -2.33. The molecule has 0 aliphatic heterocycles. The van der Waals surface area contributed by atoms with E-state index in [1.165, 1.54) is 0 Å². The van der Waals surface area contributed by atoms with Gasteiger partial charge in [-0.3, -0.25) is 5.10 Å². The van der Waals surface area contributed by atoms with Crippen LogP contribution in [0.15, 0.2) is 18.2 Å². The van der Waals surface area contributed by atoms with E-state index < -0.39 is 5.92 Å². The Hall–Kier alpha value is -1.16. The first kappa shape index (κ1) is 10.0. The van der Waals surface area contributed by atoms with E-state index in [1.54, 1.807) is 6.07 Å². The van der Waals surface area contributed by atoms with E-state index >= 15 is 0 Å². The molecule has 0 radical (unpaired) electrons. The zero-order chi connectivity index (χ0) is 11.3. The lowest BCUT2D eigenvalue weighted by Crippen LogP contribution is -2.33. The number of H-pyrrole nitrogens is 1. The number of hydrogen-bond donors (Lipinski definition) is 1. The molecule has 0 bridgehead atoms. The van der Waals surface area contributed by atoms with Crippen molar-refractivity contribution in [3.05, 3.63) is 28.9 Å². The van der Waals surface area contributed by atoms with E-state index in [9.17, 15) is 8.78 Å². The maximum atomic E-state index is 12.8. The van der Waals surface area contributed by atoms with Crippen LogP contribution in [0.1, 0.15) is 24.5 Å². The first-order valence-electron chi connectivity index (χ1n) is 5.07. The van der Waals surface area contributed by atoms with Crippen molar-refractivity contribution in [2.45, 2.75) is 24.7 Å². The second-order valence-electron chi connectivity index (χ2n) is 4.23. The number of nitrogens with zero attached hydrogens (tertiary/aromatic N) is 1. The number of benzene rings is 1. The van der Waals surface area contributed by atoms with Crippen LogP contribution < -0.4 is 0 Å². The Bertz CT molecular complexity index is 542. The van der Waals surface area contributed by atoms with Crippen molar-refractivity contribution in [2.75, 3.05) is 0 Å². The highest BCUT2D eigenvalue weighted by atomic mass is 35.5. The SMILES string of the molecule is FC1(F)CC(c2n[nH]c3cccc(Cl)c23)C1. The Morgan fingerprint density at radius 2 is 2.12 bits per heavy atom. The molecule has 1 aliphatic carbocycles. The van der Waals surface area contributed by atoms with Gasteiger partial charge in [-0.25, -0.2) is 8.78 Å². The second-order valence-corrected chi connectivity index (χ2v) is 4.64. The molecule has 2 nitrogen and oxygen atoms in total. The standard InChI is InChI=1S/C11H9ClF2N2/c12-7-2-1-3-8-9(7)10(16-15-8)6-4-11(13,14)5-6/h1-3,6H,4-5H2,(H,15,16). The first-order valence-corrected chi connectivity index (χ1v) is 5.45. The number of aromatic amines is 1. The van der Waals surface area contributed by atoms with Gasteiger partial charge in [0, 0.05) is 24.1 Å². The number of aromatic nitrogens is 2. The van der Waals surface area contributed by atoms with Gasteiger partial charge in [-0.2, -0.15) is 5.10 Å². The third kappa shape index (κ3) is 1.40.